The molecule has 0 fully saturated rings. The van der Waals surface area contributed by atoms with Crippen molar-refractivity contribution in [2.24, 2.45) is 0 Å². The zero-order chi connectivity index (χ0) is 14.8. The predicted molar refractivity (Wildman–Crippen MR) is 75.3 cm³/mol. The minimum absolute atomic E-state index is 0.241. The van der Waals surface area contributed by atoms with Crippen LogP contribution in [0.1, 0.15) is 25.5 Å². The fourth-order valence-electron chi connectivity index (χ4n) is 1.33. The molecule has 0 saturated heterocycles. The molecule has 0 saturated carbocycles. The average molecular weight is 370 g/mol. The maximum absolute atomic E-state index is 10.9. The first-order chi connectivity index (χ1) is 8.63. The number of unbranched alkanes of at least 4 members (excludes halogenated alkanes) is 1. The van der Waals surface area contributed by atoms with E-state index < -0.39 is 18.9 Å². The number of aryl methyl sites for hydroxylation is 1. The fourth-order valence-corrected chi connectivity index (χ4v) is 1.96. The van der Waals surface area contributed by atoms with Gasteiger partial charge in [0, 0.05) is 6.54 Å². The van der Waals surface area contributed by atoms with Crippen LogP contribution < -0.4 is 0 Å². The molecule has 0 aromatic carbocycles. The summed E-state index contributed by atoms with van der Waals surface area (Å²) in [4.78, 5) is 10.1. The normalized spacial score (nSPS) is 12.7. The number of aromatic nitrogens is 3. The van der Waals surface area contributed by atoms with Gasteiger partial charge in [0.2, 0.25) is 8.13 Å². The van der Waals surface area contributed by atoms with Crippen molar-refractivity contribution in [3.63, 3.8) is 0 Å². The molecule has 19 heavy (non-hydrogen) atoms. The van der Waals surface area contributed by atoms with Gasteiger partial charge in [0.1, 0.15) is 5.10 Å². The summed E-state index contributed by atoms with van der Waals surface area (Å²) in [7, 11) is 0. The number of hydrogen-bond donors (Lipinski definition) is 0. The van der Waals surface area contributed by atoms with Crippen molar-refractivity contribution >= 4 is 63.8 Å². The lowest BCUT2D eigenvalue weighted by Gasteiger charge is -2.26. The third-order valence-corrected chi connectivity index (χ3v) is 4.62. The van der Waals surface area contributed by atoms with E-state index in [1.54, 1.807) is 0 Å². The largest absolute Gasteiger partial charge is 0.417 e. The van der Waals surface area contributed by atoms with Crippen molar-refractivity contribution in [1.29, 1.82) is 0 Å². The number of hydrogen-bond acceptors (Lipinski definition) is 4. The molecule has 108 valence electrons. The van der Waals surface area contributed by atoms with Crippen molar-refractivity contribution in [2.45, 2.75) is 34.4 Å². The Labute approximate surface area is 134 Å². The summed E-state index contributed by atoms with van der Waals surface area (Å²) < 4.78 is -3.13. The van der Waals surface area contributed by atoms with Gasteiger partial charge in [0.05, 0.1) is 5.21 Å². The molecule has 0 aliphatic rings. The molecule has 0 aliphatic carbocycles. The second kappa shape index (κ2) is 6.18. The summed E-state index contributed by atoms with van der Waals surface area (Å²) in [5, 5.41) is 18.0. The van der Waals surface area contributed by atoms with Gasteiger partial charge in [-0.3, -0.25) is 0 Å². The molecule has 0 amide bonds. The molecule has 1 heterocycles. The summed E-state index contributed by atoms with van der Waals surface area (Å²) in [5.74, 6) is -0.632. The predicted octanol–water partition coefficient (Wildman–Crippen LogP) is 3.99. The lowest BCUT2D eigenvalue weighted by Crippen LogP contribution is -2.32. The Morgan fingerprint density at radius 1 is 1.32 bits per heavy atom. The van der Waals surface area contributed by atoms with E-state index in [2.05, 4.69) is 10.3 Å². The van der Waals surface area contributed by atoms with Gasteiger partial charge in [-0.2, -0.15) is 0 Å². The van der Waals surface area contributed by atoms with Gasteiger partial charge in [-0.1, -0.05) is 71.3 Å². The van der Waals surface area contributed by atoms with Crippen LogP contribution in [0.5, 0.6) is 0 Å². The zero-order valence-corrected chi connectivity index (χ0v) is 13.4. The van der Waals surface area contributed by atoms with E-state index in [0.717, 1.165) is 6.42 Å². The van der Waals surface area contributed by atoms with Gasteiger partial charge in [0.25, 0.3) is 0 Å². The zero-order valence-electron chi connectivity index (χ0n) is 9.62. The molecule has 0 N–H and O–H groups in total. The van der Waals surface area contributed by atoms with E-state index >= 15 is 0 Å². The van der Waals surface area contributed by atoms with Crippen LogP contribution >= 0.6 is 58.0 Å². The van der Waals surface area contributed by atoms with E-state index in [0.29, 0.717) is 13.0 Å². The molecule has 1 aromatic heterocycles. The van der Waals surface area contributed by atoms with Gasteiger partial charge in [-0.25, -0.2) is 4.68 Å². The maximum Gasteiger partial charge on any atom is 0.417 e. The van der Waals surface area contributed by atoms with E-state index in [1.807, 2.05) is 6.92 Å². The van der Waals surface area contributed by atoms with Crippen LogP contribution in [0, 0.1) is 10.1 Å². The molecule has 0 bridgehead atoms. The summed E-state index contributed by atoms with van der Waals surface area (Å²) in [6.45, 7) is 2.27. The molecule has 6 nitrogen and oxygen atoms in total. The monoisotopic (exact) mass is 368 g/mol. The summed E-state index contributed by atoms with van der Waals surface area (Å²) in [5.41, 5.74) is -0.241. The highest BCUT2D eigenvalue weighted by Crippen LogP contribution is 2.54. The Bertz CT molecular complexity index is 470. The summed E-state index contributed by atoms with van der Waals surface area (Å²) >= 11 is 29.0. The first kappa shape index (κ1) is 17.0. The molecule has 1 rings (SSSR count). The molecule has 0 radical (unpaired) electrons. The minimum atomic E-state index is -2.17. The number of nitrogens with zero attached hydrogens (tertiary/aromatic N) is 4. The van der Waals surface area contributed by atoms with Gasteiger partial charge >= 0.3 is 5.82 Å². The first-order valence-corrected chi connectivity index (χ1v) is 7.04. The van der Waals surface area contributed by atoms with Gasteiger partial charge in [0.15, 0.2) is 5.69 Å². The van der Waals surface area contributed by atoms with Crippen LogP contribution in [0.3, 0.4) is 0 Å². The van der Waals surface area contributed by atoms with Crippen LogP contribution in [0.4, 0.5) is 5.82 Å². The van der Waals surface area contributed by atoms with E-state index in [-0.39, 0.29) is 5.69 Å². The van der Waals surface area contributed by atoms with Crippen LogP contribution in [0.25, 0.3) is 0 Å². The lowest BCUT2D eigenvalue weighted by molar-refractivity contribution is -0.390. The van der Waals surface area contributed by atoms with Crippen LogP contribution in [0.2, 0.25) is 0 Å². The highest BCUT2D eigenvalue weighted by atomic mass is 35.6. The van der Waals surface area contributed by atoms with Gasteiger partial charge in [-0.05, 0) is 11.3 Å². The Balaban J connectivity index is 3.36. The molecule has 1 aromatic rings. The van der Waals surface area contributed by atoms with Crippen molar-refractivity contribution in [3.05, 3.63) is 15.8 Å². The maximum atomic E-state index is 10.9. The first-order valence-electron chi connectivity index (χ1n) is 5.15. The van der Waals surface area contributed by atoms with Crippen molar-refractivity contribution in [1.82, 2.24) is 15.0 Å². The van der Waals surface area contributed by atoms with Crippen LogP contribution in [0.15, 0.2) is 0 Å². The van der Waals surface area contributed by atoms with Crippen molar-refractivity contribution < 1.29 is 4.92 Å². The minimum Gasteiger partial charge on any atom is -0.358 e. The number of nitro groups is 1. The molecular weight excluding hydrogens is 361 g/mol. The summed E-state index contributed by atoms with van der Waals surface area (Å²) in [6, 6.07) is 0. The summed E-state index contributed by atoms with van der Waals surface area (Å²) in [6.07, 6.45) is 1.52. The topological polar surface area (TPSA) is 73.8 Å². The Hall–Kier alpha value is -0.01000. The van der Waals surface area contributed by atoms with Crippen molar-refractivity contribution in [2.75, 3.05) is 0 Å². The smallest absolute Gasteiger partial charge is 0.358 e. The average Bonchev–Trinajstić information content (AvgIpc) is 2.68. The Morgan fingerprint density at radius 2 is 1.89 bits per heavy atom. The Kier molecular flexibility index (Phi) is 5.54. The quantitative estimate of drug-likeness (QED) is 0.446. The van der Waals surface area contributed by atoms with Crippen molar-refractivity contribution in [3.8, 4) is 0 Å². The standard InChI is InChI=1S/C8H9Cl5N4O2/c1-2-3-4-16-5(6(14-15-16)17(18)19)7(9,10)8(11,12)13/h2-4H2,1H3. The van der Waals surface area contributed by atoms with Gasteiger partial charge in [-0.15, -0.1) is 0 Å². The molecular formula is C8H9Cl5N4O2. The van der Waals surface area contributed by atoms with E-state index in [9.17, 15) is 10.1 Å². The Morgan fingerprint density at radius 3 is 2.32 bits per heavy atom. The molecule has 0 atom stereocenters. The molecule has 0 unspecified atom stereocenters. The highest BCUT2D eigenvalue weighted by molar-refractivity contribution is 6.75. The number of alkyl halides is 5. The highest BCUT2D eigenvalue weighted by Gasteiger charge is 2.54. The molecule has 11 heteroatoms. The SMILES string of the molecule is CCCCn1nnc([N+](=O)[O-])c1C(Cl)(Cl)C(Cl)(Cl)Cl. The fraction of sp³-hybridized carbons (Fsp3) is 0.750. The van der Waals surface area contributed by atoms with Crippen LogP contribution in [-0.2, 0) is 10.9 Å². The number of halogens is 5. The van der Waals surface area contributed by atoms with Gasteiger partial charge < -0.3 is 10.1 Å². The molecule has 0 spiro atoms. The lowest BCUT2D eigenvalue weighted by atomic mass is 10.3. The van der Waals surface area contributed by atoms with E-state index in [1.165, 1.54) is 4.68 Å². The third kappa shape index (κ3) is 3.55. The second-order valence-corrected chi connectivity index (χ2v) is 7.28. The van der Waals surface area contributed by atoms with E-state index in [4.69, 9.17) is 58.0 Å². The third-order valence-electron chi connectivity index (χ3n) is 2.27. The molecule has 0 aliphatic heterocycles. The van der Waals surface area contributed by atoms with Crippen LogP contribution in [-0.4, -0.2) is 23.7 Å². The number of rotatable bonds is 5. The second-order valence-electron chi connectivity index (χ2n) is 3.67.